The number of carboxylic acids is 1. The highest BCUT2D eigenvalue weighted by atomic mass is 32.2. The molecule has 0 aliphatic heterocycles. The molecule has 1 N–H and O–H groups in total. The molecule has 14 heavy (non-hydrogen) atoms. The van der Waals surface area contributed by atoms with Gasteiger partial charge in [-0.1, -0.05) is 17.8 Å². The van der Waals surface area contributed by atoms with Gasteiger partial charge in [-0.2, -0.15) is 0 Å². The molecule has 0 unspecified atom stereocenters. The van der Waals surface area contributed by atoms with Crippen LogP contribution in [0.25, 0.3) is 0 Å². The van der Waals surface area contributed by atoms with Crippen LogP contribution >= 0.6 is 11.8 Å². The summed E-state index contributed by atoms with van der Waals surface area (Å²) in [6, 6.07) is 0. The number of carbonyl (C=O) groups is 1. The summed E-state index contributed by atoms with van der Waals surface area (Å²) in [5.74, 6) is -0.353. The van der Waals surface area contributed by atoms with Gasteiger partial charge in [-0.05, 0) is 17.4 Å². The van der Waals surface area contributed by atoms with Crippen molar-refractivity contribution in [2.45, 2.75) is 12.1 Å². The standard InChI is InChI=1S/C7H10N4O2S/c1-5(6(12)13)3-4-14-7-8-9-10-11(7)2/h3H,4H2,1-2H3,(H,12,13). The molecular formula is C7H10N4O2S. The molecule has 6 nitrogen and oxygen atoms in total. The van der Waals surface area contributed by atoms with E-state index >= 15 is 0 Å². The molecule has 1 heterocycles. The summed E-state index contributed by atoms with van der Waals surface area (Å²) >= 11 is 1.39. The molecule has 1 aromatic heterocycles. The predicted molar refractivity (Wildman–Crippen MR) is 50.9 cm³/mol. The monoisotopic (exact) mass is 214 g/mol. The second-order valence-corrected chi connectivity index (χ2v) is 3.58. The first-order valence-electron chi connectivity index (χ1n) is 3.86. The van der Waals surface area contributed by atoms with Crippen molar-refractivity contribution < 1.29 is 9.90 Å². The minimum atomic E-state index is -0.901. The number of nitrogens with zero attached hydrogens (tertiary/aromatic N) is 4. The maximum Gasteiger partial charge on any atom is 0.330 e. The van der Waals surface area contributed by atoms with Crippen LogP contribution in [0.1, 0.15) is 6.92 Å². The van der Waals surface area contributed by atoms with Crippen LogP contribution in [0, 0.1) is 0 Å². The van der Waals surface area contributed by atoms with Gasteiger partial charge in [0.15, 0.2) is 0 Å². The first kappa shape index (κ1) is 10.7. The molecule has 0 saturated carbocycles. The van der Waals surface area contributed by atoms with Gasteiger partial charge in [0.2, 0.25) is 5.16 Å². The number of tetrazole rings is 1. The van der Waals surface area contributed by atoms with Crippen LogP contribution in [0.3, 0.4) is 0 Å². The summed E-state index contributed by atoms with van der Waals surface area (Å²) in [7, 11) is 1.73. The van der Waals surface area contributed by atoms with Crippen molar-refractivity contribution >= 4 is 17.7 Å². The van der Waals surface area contributed by atoms with Gasteiger partial charge in [0.1, 0.15) is 0 Å². The molecule has 0 aromatic carbocycles. The second kappa shape index (κ2) is 4.75. The number of rotatable bonds is 4. The van der Waals surface area contributed by atoms with E-state index < -0.39 is 5.97 Å². The lowest BCUT2D eigenvalue weighted by Gasteiger charge is -1.95. The maximum atomic E-state index is 10.4. The molecule has 76 valence electrons. The number of aliphatic carboxylic acids is 1. The summed E-state index contributed by atoms with van der Waals surface area (Å²) in [4.78, 5) is 10.4. The average molecular weight is 214 g/mol. The summed E-state index contributed by atoms with van der Waals surface area (Å²) in [6.45, 7) is 1.55. The Bertz CT molecular complexity index is 360. The van der Waals surface area contributed by atoms with Crippen LogP contribution < -0.4 is 0 Å². The Morgan fingerprint density at radius 2 is 2.43 bits per heavy atom. The largest absolute Gasteiger partial charge is 0.478 e. The van der Waals surface area contributed by atoms with Gasteiger partial charge < -0.3 is 5.11 Å². The molecule has 0 radical (unpaired) electrons. The predicted octanol–water partition coefficient (Wildman–Crippen LogP) is 0.333. The molecule has 0 atom stereocenters. The lowest BCUT2D eigenvalue weighted by atomic mass is 10.3. The van der Waals surface area contributed by atoms with E-state index in [2.05, 4.69) is 15.5 Å². The minimum Gasteiger partial charge on any atom is -0.478 e. The van der Waals surface area contributed by atoms with Crippen molar-refractivity contribution in [2.24, 2.45) is 7.05 Å². The fraction of sp³-hybridized carbons (Fsp3) is 0.429. The molecule has 0 spiro atoms. The fourth-order valence-electron chi connectivity index (χ4n) is 0.672. The van der Waals surface area contributed by atoms with Gasteiger partial charge >= 0.3 is 5.97 Å². The van der Waals surface area contributed by atoms with E-state index in [9.17, 15) is 4.79 Å². The molecule has 1 aromatic rings. The zero-order chi connectivity index (χ0) is 10.6. The van der Waals surface area contributed by atoms with Crippen LogP contribution in [0.4, 0.5) is 0 Å². The maximum absolute atomic E-state index is 10.4. The Morgan fingerprint density at radius 3 is 2.93 bits per heavy atom. The molecule has 0 aliphatic rings. The second-order valence-electron chi connectivity index (χ2n) is 2.59. The van der Waals surface area contributed by atoms with Gasteiger partial charge in [-0.25, -0.2) is 9.48 Å². The molecule has 0 saturated heterocycles. The third kappa shape index (κ3) is 2.84. The summed E-state index contributed by atoms with van der Waals surface area (Å²) in [5.41, 5.74) is 0.327. The highest BCUT2D eigenvalue weighted by molar-refractivity contribution is 7.99. The zero-order valence-electron chi connectivity index (χ0n) is 7.84. The third-order valence-electron chi connectivity index (χ3n) is 1.52. The lowest BCUT2D eigenvalue weighted by molar-refractivity contribution is -0.132. The number of thioether (sulfide) groups is 1. The smallest absolute Gasteiger partial charge is 0.330 e. The van der Waals surface area contributed by atoms with Crippen molar-refractivity contribution in [3.05, 3.63) is 11.6 Å². The third-order valence-corrected chi connectivity index (χ3v) is 2.46. The number of aromatic nitrogens is 4. The summed E-state index contributed by atoms with van der Waals surface area (Å²) < 4.78 is 1.54. The van der Waals surface area contributed by atoms with Crippen LogP contribution in [0.2, 0.25) is 0 Å². The van der Waals surface area contributed by atoms with Crippen LogP contribution in [-0.2, 0) is 11.8 Å². The average Bonchev–Trinajstić information content (AvgIpc) is 2.51. The number of hydrogen-bond acceptors (Lipinski definition) is 5. The van der Waals surface area contributed by atoms with Gasteiger partial charge in [0.05, 0.1) is 0 Å². The first-order chi connectivity index (χ1) is 6.61. The zero-order valence-corrected chi connectivity index (χ0v) is 8.65. The summed E-state index contributed by atoms with van der Waals surface area (Å²) in [5, 5.41) is 20.1. The Balaban J connectivity index is 2.46. The highest BCUT2D eigenvalue weighted by Gasteiger charge is 2.02. The highest BCUT2D eigenvalue weighted by Crippen LogP contribution is 2.12. The van der Waals surface area contributed by atoms with Crippen LogP contribution in [-0.4, -0.2) is 37.0 Å². The molecule has 0 bridgehead atoms. The van der Waals surface area contributed by atoms with Crippen molar-refractivity contribution in [3.8, 4) is 0 Å². The minimum absolute atomic E-state index is 0.327. The molecule has 0 aliphatic carbocycles. The molecule has 1 rings (SSSR count). The van der Waals surface area contributed by atoms with Crippen LogP contribution in [0.5, 0.6) is 0 Å². The molecular weight excluding hydrogens is 204 g/mol. The van der Waals surface area contributed by atoms with E-state index in [0.717, 1.165) is 0 Å². The lowest BCUT2D eigenvalue weighted by Crippen LogP contribution is -1.97. The number of hydrogen-bond donors (Lipinski definition) is 1. The Morgan fingerprint density at radius 1 is 1.71 bits per heavy atom. The molecule has 0 fully saturated rings. The van der Waals surface area contributed by atoms with Gasteiger partial charge in [0, 0.05) is 18.4 Å². The number of carboxylic acid groups (broad SMARTS) is 1. The van der Waals surface area contributed by atoms with Gasteiger partial charge in [-0.15, -0.1) is 5.10 Å². The quantitative estimate of drug-likeness (QED) is 0.574. The van der Waals surface area contributed by atoms with E-state index in [-0.39, 0.29) is 0 Å². The normalized spacial score (nSPS) is 11.7. The van der Waals surface area contributed by atoms with E-state index in [1.807, 2.05) is 0 Å². The van der Waals surface area contributed by atoms with Gasteiger partial charge in [0.25, 0.3) is 0 Å². The van der Waals surface area contributed by atoms with Crippen molar-refractivity contribution in [1.82, 2.24) is 20.2 Å². The van der Waals surface area contributed by atoms with E-state index in [1.165, 1.54) is 16.4 Å². The Hall–Kier alpha value is -1.37. The van der Waals surface area contributed by atoms with Crippen LogP contribution in [0.15, 0.2) is 16.8 Å². The Labute approximate surface area is 85.0 Å². The SMILES string of the molecule is CC(=CCSc1nnnn1C)C(=O)O. The molecule has 7 heteroatoms. The van der Waals surface area contributed by atoms with E-state index in [0.29, 0.717) is 16.5 Å². The Kier molecular flexibility index (Phi) is 3.63. The van der Waals surface area contributed by atoms with Crippen molar-refractivity contribution in [3.63, 3.8) is 0 Å². The van der Waals surface area contributed by atoms with Gasteiger partial charge in [-0.3, -0.25) is 0 Å². The summed E-state index contributed by atoms with van der Waals surface area (Å²) in [6.07, 6.45) is 1.63. The number of aryl methyl sites for hydroxylation is 1. The topological polar surface area (TPSA) is 80.9 Å². The van der Waals surface area contributed by atoms with E-state index in [4.69, 9.17) is 5.11 Å². The fourth-order valence-corrected chi connectivity index (χ4v) is 1.47. The van der Waals surface area contributed by atoms with Crippen molar-refractivity contribution in [2.75, 3.05) is 5.75 Å². The van der Waals surface area contributed by atoms with E-state index in [1.54, 1.807) is 20.0 Å². The van der Waals surface area contributed by atoms with Crippen molar-refractivity contribution in [1.29, 1.82) is 0 Å². The first-order valence-corrected chi connectivity index (χ1v) is 4.85. The molecule has 0 amide bonds.